The van der Waals surface area contributed by atoms with Crippen molar-refractivity contribution in [3.05, 3.63) is 12.4 Å². The van der Waals surface area contributed by atoms with Crippen LogP contribution in [0.15, 0.2) is 12.4 Å². The van der Waals surface area contributed by atoms with Gasteiger partial charge in [0.1, 0.15) is 18.0 Å². The molecule has 0 aromatic carbocycles. The second-order valence-corrected chi connectivity index (χ2v) is 7.08. The average molecular weight is 300 g/mol. The van der Waals surface area contributed by atoms with E-state index in [1.807, 2.05) is 18.0 Å². The molecule has 1 saturated heterocycles. The summed E-state index contributed by atoms with van der Waals surface area (Å²) < 4.78 is 28.0. The molecular weight excluding hydrogens is 280 g/mol. The predicted molar refractivity (Wildman–Crippen MR) is 77.9 cm³/mol. The molecule has 1 aliphatic rings. The summed E-state index contributed by atoms with van der Waals surface area (Å²) in [4.78, 5) is 10.2. The van der Waals surface area contributed by atoms with Crippen LogP contribution in [-0.2, 0) is 14.6 Å². The van der Waals surface area contributed by atoms with Gasteiger partial charge in [0.15, 0.2) is 9.84 Å². The molecule has 1 atom stereocenters. The maximum atomic E-state index is 11.5. The summed E-state index contributed by atoms with van der Waals surface area (Å²) in [5.41, 5.74) is 0. The zero-order valence-corrected chi connectivity index (χ0v) is 12.6. The Kier molecular flexibility index (Phi) is 4.77. The van der Waals surface area contributed by atoms with Gasteiger partial charge in [-0.05, 0) is 6.42 Å². The molecule has 0 aliphatic carbocycles. The zero-order valence-electron chi connectivity index (χ0n) is 11.7. The Labute approximate surface area is 119 Å². The summed E-state index contributed by atoms with van der Waals surface area (Å²) >= 11 is 0. The van der Waals surface area contributed by atoms with E-state index in [4.69, 9.17) is 4.74 Å². The van der Waals surface area contributed by atoms with Crippen molar-refractivity contribution in [3.63, 3.8) is 0 Å². The van der Waals surface area contributed by atoms with E-state index in [1.165, 1.54) is 6.33 Å². The molecule has 0 spiro atoms. The van der Waals surface area contributed by atoms with E-state index in [0.29, 0.717) is 25.4 Å². The molecule has 1 unspecified atom stereocenters. The van der Waals surface area contributed by atoms with Gasteiger partial charge in [-0.15, -0.1) is 0 Å². The van der Waals surface area contributed by atoms with Crippen LogP contribution in [0, 0.1) is 0 Å². The van der Waals surface area contributed by atoms with Crippen LogP contribution in [0.3, 0.4) is 0 Å². The van der Waals surface area contributed by atoms with E-state index in [9.17, 15) is 8.42 Å². The second kappa shape index (κ2) is 6.36. The first-order chi connectivity index (χ1) is 9.52. The molecule has 8 heteroatoms. The van der Waals surface area contributed by atoms with Gasteiger partial charge in [-0.25, -0.2) is 18.4 Å². The molecule has 2 rings (SSSR count). The molecule has 0 radical (unpaired) electrons. The summed E-state index contributed by atoms with van der Waals surface area (Å²) in [7, 11) is 0.615. The Bertz CT molecular complexity index is 549. The summed E-state index contributed by atoms with van der Waals surface area (Å²) in [5, 5.41) is 3.13. The van der Waals surface area contributed by atoms with Gasteiger partial charge in [0.05, 0.1) is 18.1 Å². The number of nitrogens with one attached hydrogen (secondary N) is 1. The molecule has 1 fully saturated rings. The lowest BCUT2D eigenvalue weighted by Crippen LogP contribution is -2.33. The number of rotatable bonds is 6. The van der Waals surface area contributed by atoms with E-state index in [-0.39, 0.29) is 17.5 Å². The molecule has 112 valence electrons. The number of hydrogen-bond donors (Lipinski definition) is 1. The zero-order chi connectivity index (χ0) is 14.6. The van der Waals surface area contributed by atoms with Gasteiger partial charge in [0, 0.05) is 32.8 Å². The summed E-state index contributed by atoms with van der Waals surface area (Å²) in [6.45, 7) is 1.25. The molecule has 1 N–H and O–H groups in total. The highest BCUT2D eigenvalue weighted by Crippen LogP contribution is 2.22. The Balaban J connectivity index is 2.03. The number of aromatic nitrogens is 2. The minimum absolute atomic E-state index is 0.0123. The fraction of sp³-hybridized carbons (Fsp3) is 0.667. The summed E-state index contributed by atoms with van der Waals surface area (Å²) in [6.07, 6.45) is 2.12. The van der Waals surface area contributed by atoms with E-state index in [2.05, 4.69) is 15.3 Å². The lowest BCUT2D eigenvalue weighted by atomic mass is 10.2. The first kappa shape index (κ1) is 15.0. The number of anilines is 2. The van der Waals surface area contributed by atoms with Crippen molar-refractivity contribution in [2.24, 2.45) is 0 Å². The van der Waals surface area contributed by atoms with Crippen LogP contribution in [0.4, 0.5) is 11.6 Å². The van der Waals surface area contributed by atoms with Crippen LogP contribution in [0.1, 0.15) is 6.42 Å². The molecule has 1 aliphatic heterocycles. The molecule has 20 heavy (non-hydrogen) atoms. The van der Waals surface area contributed by atoms with Crippen molar-refractivity contribution in [1.29, 1.82) is 0 Å². The van der Waals surface area contributed by atoms with E-state index < -0.39 is 9.84 Å². The first-order valence-corrected chi connectivity index (χ1v) is 8.32. The molecule has 0 saturated carbocycles. The smallest absolute Gasteiger partial charge is 0.152 e. The van der Waals surface area contributed by atoms with Gasteiger partial charge < -0.3 is 15.0 Å². The molecule has 2 heterocycles. The van der Waals surface area contributed by atoms with E-state index >= 15 is 0 Å². The molecule has 1 aromatic rings. The third-order valence-electron chi connectivity index (χ3n) is 3.38. The van der Waals surface area contributed by atoms with Crippen LogP contribution in [0.2, 0.25) is 0 Å². The SMILES string of the molecule is COCCNc1cc(N(C)C2CCS(=O)(=O)C2)ncn1. The van der Waals surface area contributed by atoms with E-state index in [0.717, 1.165) is 5.82 Å². The van der Waals surface area contributed by atoms with Crippen molar-refractivity contribution in [2.45, 2.75) is 12.5 Å². The topological polar surface area (TPSA) is 84.4 Å². The second-order valence-electron chi connectivity index (χ2n) is 4.85. The Morgan fingerprint density at radius 1 is 1.50 bits per heavy atom. The average Bonchev–Trinajstić information content (AvgIpc) is 2.79. The number of nitrogens with zero attached hydrogens (tertiary/aromatic N) is 3. The quantitative estimate of drug-likeness (QED) is 0.749. The minimum Gasteiger partial charge on any atom is -0.383 e. The van der Waals surface area contributed by atoms with Crippen LogP contribution < -0.4 is 10.2 Å². The van der Waals surface area contributed by atoms with Gasteiger partial charge in [-0.3, -0.25) is 0 Å². The van der Waals surface area contributed by atoms with Crippen LogP contribution >= 0.6 is 0 Å². The van der Waals surface area contributed by atoms with Gasteiger partial charge >= 0.3 is 0 Å². The molecule has 7 nitrogen and oxygen atoms in total. The predicted octanol–water partition coefficient (Wildman–Crippen LogP) is 0.158. The number of ether oxygens (including phenoxy) is 1. The lowest BCUT2D eigenvalue weighted by molar-refractivity contribution is 0.210. The highest BCUT2D eigenvalue weighted by atomic mass is 32.2. The molecule has 1 aromatic heterocycles. The van der Waals surface area contributed by atoms with Crippen molar-refractivity contribution in [2.75, 3.05) is 49.0 Å². The fourth-order valence-corrected chi connectivity index (χ4v) is 3.96. The highest BCUT2D eigenvalue weighted by Gasteiger charge is 2.31. The molecular formula is C12H20N4O3S. The van der Waals surface area contributed by atoms with Crippen LogP contribution in [-0.4, -0.2) is 63.2 Å². The maximum absolute atomic E-state index is 11.5. The lowest BCUT2D eigenvalue weighted by Gasteiger charge is -2.24. The van der Waals surface area contributed by atoms with Gasteiger partial charge in [0.25, 0.3) is 0 Å². The standard InChI is InChI=1S/C12H20N4O3S/c1-16(10-3-6-20(17,18)8-10)12-7-11(14-9-15-12)13-4-5-19-2/h7,9-10H,3-6,8H2,1-2H3,(H,13,14,15). The first-order valence-electron chi connectivity index (χ1n) is 6.50. The van der Waals surface area contributed by atoms with Gasteiger partial charge in [-0.2, -0.15) is 0 Å². The van der Waals surface area contributed by atoms with Crippen molar-refractivity contribution in [3.8, 4) is 0 Å². The summed E-state index contributed by atoms with van der Waals surface area (Å²) in [5.74, 6) is 1.88. The third-order valence-corrected chi connectivity index (χ3v) is 5.13. The van der Waals surface area contributed by atoms with Crippen molar-refractivity contribution < 1.29 is 13.2 Å². The molecule has 0 bridgehead atoms. The number of sulfone groups is 1. The number of hydrogen-bond acceptors (Lipinski definition) is 7. The largest absolute Gasteiger partial charge is 0.383 e. The third kappa shape index (κ3) is 3.80. The van der Waals surface area contributed by atoms with E-state index in [1.54, 1.807) is 7.11 Å². The Morgan fingerprint density at radius 2 is 2.30 bits per heavy atom. The van der Waals surface area contributed by atoms with Gasteiger partial charge in [0.2, 0.25) is 0 Å². The van der Waals surface area contributed by atoms with Crippen LogP contribution in [0.25, 0.3) is 0 Å². The Morgan fingerprint density at radius 3 is 2.95 bits per heavy atom. The monoisotopic (exact) mass is 300 g/mol. The number of methoxy groups -OCH3 is 1. The fourth-order valence-electron chi connectivity index (χ4n) is 2.19. The normalized spacial score (nSPS) is 20.8. The van der Waals surface area contributed by atoms with Crippen molar-refractivity contribution in [1.82, 2.24) is 9.97 Å². The van der Waals surface area contributed by atoms with Crippen LogP contribution in [0.5, 0.6) is 0 Å². The minimum atomic E-state index is -2.89. The highest BCUT2D eigenvalue weighted by molar-refractivity contribution is 7.91. The molecule has 0 amide bonds. The summed E-state index contributed by atoms with van der Waals surface area (Å²) in [6, 6.07) is 1.81. The van der Waals surface area contributed by atoms with Crippen molar-refractivity contribution >= 4 is 21.5 Å². The maximum Gasteiger partial charge on any atom is 0.152 e. The van der Waals surface area contributed by atoms with Gasteiger partial charge in [-0.1, -0.05) is 0 Å². The Hall–Kier alpha value is -1.41.